The molecule has 1 aromatic rings. The summed E-state index contributed by atoms with van der Waals surface area (Å²) in [6.45, 7) is 0.495. The summed E-state index contributed by atoms with van der Waals surface area (Å²) in [5, 5.41) is 12.4. The molecule has 1 saturated carbocycles. The van der Waals surface area contributed by atoms with E-state index >= 15 is 0 Å². The van der Waals surface area contributed by atoms with Crippen molar-refractivity contribution in [1.29, 1.82) is 0 Å². The summed E-state index contributed by atoms with van der Waals surface area (Å²) in [7, 11) is 1.64. The molecule has 23 heavy (non-hydrogen) atoms. The van der Waals surface area contributed by atoms with Crippen molar-refractivity contribution < 1.29 is 19.4 Å². The molecule has 6 heteroatoms. The van der Waals surface area contributed by atoms with Crippen LogP contribution < -0.4 is 14.8 Å². The molecule has 1 heterocycles. The van der Waals surface area contributed by atoms with Crippen molar-refractivity contribution in [3.05, 3.63) is 22.2 Å². The quantitative estimate of drug-likeness (QED) is 0.813. The van der Waals surface area contributed by atoms with Gasteiger partial charge in [-0.05, 0) is 49.8 Å². The number of methoxy groups -OCH3 is 1. The lowest BCUT2D eigenvalue weighted by molar-refractivity contribution is -0.141. The van der Waals surface area contributed by atoms with E-state index in [1.54, 1.807) is 7.11 Å². The van der Waals surface area contributed by atoms with Crippen LogP contribution in [-0.4, -0.2) is 30.8 Å². The molecule has 5 nitrogen and oxygen atoms in total. The average molecular weight is 384 g/mol. The summed E-state index contributed by atoms with van der Waals surface area (Å²) in [6.07, 6.45) is 5.46. The van der Waals surface area contributed by atoms with Crippen LogP contribution >= 0.6 is 15.9 Å². The largest absolute Gasteiger partial charge is 0.493 e. The zero-order valence-corrected chi connectivity index (χ0v) is 14.8. The Morgan fingerprint density at radius 3 is 2.65 bits per heavy atom. The monoisotopic (exact) mass is 383 g/mol. The Kier molecular flexibility index (Phi) is 5.11. The highest BCUT2D eigenvalue weighted by Crippen LogP contribution is 2.40. The average Bonchev–Trinajstić information content (AvgIpc) is 3.18. The van der Waals surface area contributed by atoms with Gasteiger partial charge in [0.15, 0.2) is 11.5 Å². The van der Waals surface area contributed by atoms with Gasteiger partial charge in [0.25, 0.3) is 0 Å². The molecule has 0 aromatic heterocycles. The van der Waals surface area contributed by atoms with Gasteiger partial charge in [0.05, 0.1) is 19.1 Å². The molecule has 1 aliphatic carbocycles. The SMILES string of the molecule is COc1cc(C2CC(C(=O)O)CN2)c(Br)cc1OC1CCCC1. The van der Waals surface area contributed by atoms with Gasteiger partial charge in [-0.2, -0.15) is 0 Å². The Hall–Kier alpha value is -1.27. The lowest BCUT2D eigenvalue weighted by Gasteiger charge is -2.20. The molecule has 0 spiro atoms. The van der Waals surface area contributed by atoms with Gasteiger partial charge < -0.3 is 19.9 Å². The summed E-state index contributed by atoms with van der Waals surface area (Å²) in [4.78, 5) is 11.1. The van der Waals surface area contributed by atoms with Crippen molar-refractivity contribution in [2.45, 2.75) is 44.2 Å². The maximum atomic E-state index is 11.1. The van der Waals surface area contributed by atoms with E-state index in [4.69, 9.17) is 14.6 Å². The van der Waals surface area contributed by atoms with Gasteiger partial charge in [-0.1, -0.05) is 15.9 Å². The third-order valence-corrected chi connectivity index (χ3v) is 5.42. The second kappa shape index (κ2) is 7.09. The summed E-state index contributed by atoms with van der Waals surface area (Å²) in [5.74, 6) is 0.370. The highest BCUT2D eigenvalue weighted by Gasteiger charge is 2.32. The maximum absolute atomic E-state index is 11.1. The molecule has 0 amide bonds. The van der Waals surface area contributed by atoms with Crippen molar-refractivity contribution in [3.8, 4) is 11.5 Å². The lowest BCUT2D eigenvalue weighted by atomic mass is 10.00. The van der Waals surface area contributed by atoms with E-state index in [0.717, 1.165) is 28.6 Å². The second-order valence-corrected chi connectivity index (χ2v) is 7.13. The Bertz CT molecular complexity index is 586. The van der Waals surface area contributed by atoms with Crippen LogP contribution in [0.25, 0.3) is 0 Å². The van der Waals surface area contributed by atoms with Gasteiger partial charge in [0, 0.05) is 17.1 Å². The number of carboxylic acids is 1. The zero-order chi connectivity index (χ0) is 16.4. The minimum Gasteiger partial charge on any atom is -0.493 e. The van der Waals surface area contributed by atoms with E-state index < -0.39 is 5.97 Å². The minimum atomic E-state index is -0.746. The smallest absolute Gasteiger partial charge is 0.307 e. The molecule has 2 aliphatic rings. The molecule has 2 atom stereocenters. The fraction of sp³-hybridized carbons (Fsp3) is 0.588. The third kappa shape index (κ3) is 3.63. The second-order valence-electron chi connectivity index (χ2n) is 6.28. The normalized spacial score (nSPS) is 24.8. The number of hydrogen-bond acceptors (Lipinski definition) is 4. The molecule has 1 aromatic carbocycles. The predicted octanol–water partition coefficient (Wildman–Crippen LogP) is 3.51. The summed E-state index contributed by atoms with van der Waals surface area (Å²) < 4.78 is 12.5. The Labute approximate surface area is 144 Å². The first-order valence-corrected chi connectivity index (χ1v) is 8.88. The summed E-state index contributed by atoms with van der Waals surface area (Å²) in [5.41, 5.74) is 1.02. The van der Waals surface area contributed by atoms with Crippen LogP contribution in [0.15, 0.2) is 16.6 Å². The van der Waals surface area contributed by atoms with Crippen LogP contribution in [0.4, 0.5) is 0 Å². The molecule has 2 N–H and O–H groups in total. The fourth-order valence-electron chi connectivity index (χ4n) is 3.42. The van der Waals surface area contributed by atoms with E-state index in [-0.39, 0.29) is 18.1 Å². The topological polar surface area (TPSA) is 67.8 Å². The van der Waals surface area contributed by atoms with E-state index in [1.165, 1.54) is 12.8 Å². The van der Waals surface area contributed by atoms with Crippen molar-refractivity contribution in [3.63, 3.8) is 0 Å². The van der Waals surface area contributed by atoms with Crippen LogP contribution in [0.1, 0.15) is 43.7 Å². The number of carboxylic acid groups (broad SMARTS) is 1. The van der Waals surface area contributed by atoms with Crippen molar-refractivity contribution >= 4 is 21.9 Å². The first-order valence-electron chi connectivity index (χ1n) is 8.08. The lowest BCUT2D eigenvalue weighted by Crippen LogP contribution is -2.17. The Morgan fingerprint density at radius 2 is 2.04 bits per heavy atom. The fourth-order valence-corrected chi connectivity index (χ4v) is 4.01. The first-order chi connectivity index (χ1) is 11.1. The van der Waals surface area contributed by atoms with Gasteiger partial charge in [-0.3, -0.25) is 4.79 Å². The molecule has 3 rings (SSSR count). The molecule has 1 saturated heterocycles. The van der Waals surface area contributed by atoms with Crippen LogP contribution in [-0.2, 0) is 4.79 Å². The number of carbonyl (C=O) groups is 1. The molecule has 1 aliphatic heterocycles. The van der Waals surface area contributed by atoms with Crippen LogP contribution in [0.2, 0.25) is 0 Å². The van der Waals surface area contributed by atoms with Gasteiger partial charge >= 0.3 is 5.97 Å². The number of benzene rings is 1. The van der Waals surface area contributed by atoms with E-state index in [2.05, 4.69) is 21.2 Å². The van der Waals surface area contributed by atoms with E-state index in [9.17, 15) is 4.79 Å². The predicted molar refractivity (Wildman–Crippen MR) is 90.1 cm³/mol. The molecule has 0 radical (unpaired) electrons. The third-order valence-electron chi connectivity index (χ3n) is 4.73. The molecule has 126 valence electrons. The van der Waals surface area contributed by atoms with Crippen molar-refractivity contribution in [2.75, 3.05) is 13.7 Å². The highest BCUT2D eigenvalue weighted by molar-refractivity contribution is 9.10. The number of aliphatic carboxylic acids is 1. The number of rotatable bonds is 5. The maximum Gasteiger partial charge on any atom is 0.307 e. The van der Waals surface area contributed by atoms with E-state index in [0.29, 0.717) is 18.7 Å². The summed E-state index contributed by atoms with van der Waals surface area (Å²) in [6, 6.07) is 3.92. The van der Waals surface area contributed by atoms with Gasteiger partial charge in [0.1, 0.15) is 0 Å². The van der Waals surface area contributed by atoms with Crippen molar-refractivity contribution in [2.24, 2.45) is 5.92 Å². The summed E-state index contributed by atoms with van der Waals surface area (Å²) >= 11 is 3.60. The van der Waals surface area contributed by atoms with Gasteiger partial charge in [-0.25, -0.2) is 0 Å². The molecule has 2 unspecified atom stereocenters. The van der Waals surface area contributed by atoms with Gasteiger partial charge in [-0.15, -0.1) is 0 Å². The highest BCUT2D eigenvalue weighted by atomic mass is 79.9. The van der Waals surface area contributed by atoms with Crippen LogP contribution in [0.3, 0.4) is 0 Å². The molecule has 2 fully saturated rings. The first kappa shape index (κ1) is 16.6. The zero-order valence-electron chi connectivity index (χ0n) is 13.2. The number of hydrogen-bond donors (Lipinski definition) is 2. The number of halogens is 1. The van der Waals surface area contributed by atoms with E-state index in [1.807, 2.05) is 12.1 Å². The number of ether oxygens (including phenoxy) is 2. The molecular formula is C17H22BrNO4. The van der Waals surface area contributed by atoms with Crippen LogP contribution in [0.5, 0.6) is 11.5 Å². The molecule has 0 bridgehead atoms. The standard InChI is InChI=1S/C17H22BrNO4/c1-22-15-7-12(14-6-10(9-19-14)17(20)21)13(18)8-16(15)23-11-4-2-3-5-11/h7-8,10-11,14,19H,2-6,9H2,1H3,(H,20,21). The molecular weight excluding hydrogens is 362 g/mol. The number of nitrogens with one attached hydrogen (secondary N) is 1. The Balaban J connectivity index is 1.80. The minimum absolute atomic E-state index is 0.0138. The van der Waals surface area contributed by atoms with Crippen LogP contribution in [0, 0.1) is 5.92 Å². The Morgan fingerprint density at radius 1 is 1.30 bits per heavy atom. The van der Waals surface area contributed by atoms with Crippen molar-refractivity contribution in [1.82, 2.24) is 5.32 Å². The van der Waals surface area contributed by atoms with Gasteiger partial charge in [0.2, 0.25) is 0 Å².